The summed E-state index contributed by atoms with van der Waals surface area (Å²) in [7, 11) is -3.32. The molecule has 0 N–H and O–H groups in total. The van der Waals surface area contributed by atoms with E-state index in [0.717, 1.165) is 0 Å². The van der Waals surface area contributed by atoms with E-state index in [2.05, 4.69) is 0 Å². The number of benzene rings is 2. The summed E-state index contributed by atoms with van der Waals surface area (Å²) in [6.07, 6.45) is 0. The van der Waals surface area contributed by atoms with Crippen molar-refractivity contribution >= 4 is 21.4 Å². The molecule has 0 fully saturated rings. The molecule has 0 bridgehead atoms. The van der Waals surface area contributed by atoms with Crippen LogP contribution in [0.4, 0.5) is 0 Å². The molecule has 0 radical (unpaired) electrons. The normalized spacial score (nSPS) is 11.4. The van der Waals surface area contributed by atoms with Crippen LogP contribution in [0.2, 0.25) is 5.02 Å². The van der Waals surface area contributed by atoms with E-state index in [1.54, 1.807) is 54.6 Å². The van der Waals surface area contributed by atoms with Gasteiger partial charge in [-0.2, -0.15) is 0 Å². The lowest BCUT2D eigenvalue weighted by Gasteiger charge is -2.05. The minimum atomic E-state index is -3.32. The van der Waals surface area contributed by atoms with E-state index in [1.807, 2.05) is 0 Å². The van der Waals surface area contributed by atoms with Crippen molar-refractivity contribution in [2.24, 2.45) is 0 Å². The summed E-state index contributed by atoms with van der Waals surface area (Å²) < 4.78 is 24.2. The largest absolute Gasteiger partial charge is 0.223 e. The Morgan fingerprint density at radius 2 is 1.47 bits per heavy atom. The van der Waals surface area contributed by atoms with Crippen LogP contribution in [0.1, 0.15) is 5.56 Å². The van der Waals surface area contributed by atoms with E-state index in [9.17, 15) is 8.42 Å². The molecule has 0 unspecified atom stereocenters. The third kappa shape index (κ3) is 2.87. The maximum atomic E-state index is 12.1. The van der Waals surface area contributed by atoms with Crippen molar-refractivity contribution in [1.29, 1.82) is 0 Å². The maximum Gasteiger partial charge on any atom is 0.182 e. The molecule has 4 heteroatoms. The average molecular weight is 267 g/mol. The van der Waals surface area contributed by atoms with Gasteiger partial charge in [-0.3, -0.25) is 0 Å². The van der Waals surface area contributed by atoms with Crippen molar-refractivity contribution in [1.82, 2.24) is 0 Å². The summed E-state index contributed by atoms with van der Waals surface area (Å²) in [6, 6.07) is 15.4. The highest BCUT2D eigenvalue weighted by Crippen LogP contribution is 2.21. The summed E-state index contributed by atoms with van der Waals surface area (Å²) in [5.41, 5.74) is 0.623. The average Bonchev–Trinajstić information content (AvgIpc) is 2.33. The molecule has 88 valence electrons. The summed E-state index contributed by atoms with van der Waals surface area (Å²) in [4.78, 5) is 0.319. The topological polar surface area (TPSA) is 34.1 Å². The van der Waals surface area contributed by atoms with Gasteiger partial charge in [-0.25, -0.2) is 8.42 Å². The molecule has 0 aliphatic carbocycles. The molecule has 2 aromatic carbocycles. The van der Waals surface area contributed by atoms with Gasteiger partial charge < -0.3 is 0 Å². The Labute approximate surface area is 106 Å². The van der Waals surface area contributed by atoms with Crippen LogP contribution >= 0.6 is 11.6 Å². The second kappa shape index (κ2) is 4.90. The highest BCUT2D eigenvalue weighted by Gasteiger charge is 2.16. The molecule has 0 aliphatic heterocycles. The van der Waals surface area contributed by atoms with Gasteiger partial charge in [0.25, 0.3) is 0 Å². The van der Waals surface area contributed by atoms with Crippen molar-refractivity contribution in [3.8, 4) is 0 Å². The van der Waals surface area contributed by atoms with Crippen LogP contribution in [-0.4, -0.2) is 8.42 Å². The van der Waals surface area contributed by atoms with Crippen LogP contribution in [0.3, 0.4) is 0 Å². The van der Waals surface area contributed by atoms with Crippen LogP contribution in [0, 0.1) is 0 Å². The van der Waals surface area contributed by atoms with Gasteiger partial charge in [-0.15, -0.1) is 0 Å². The highest BCUT2D eigenvalue weighted by molar-refractivity contribution is 7.90. The molecule has 0 amide bonds. The lowest BCUT2D eigenvalue weighted by atomic mass is 10.2. The zero-order chi connectivity index (χ0) is 12.3. The van der Waals surface area contributed by atoms with Crippen molar-refractivity contribution < 1.29 is 8.42 Å². The molecule has 0 aromatic heterocycles. The number of hydrogen-bond donors (Lipinski definition) is 0. The Morgan fingerprint density at radius 1 is 0.882 bits per heavy atom. The predicted molar refractivity (Wildman–Crippen MR) is 68.8 cm³/mol. The quantitative estimate of drug-likeness (QED) is 0.854. The minimum Gasteiger partial charge on any atom is -0.223 e. The zero-order valence-electron chi connectivity index (χ0n) is 9.01. The number of rotatable bonds is 3. The Hall–Kier alpha value is -1.32. The second-order valence-electron chi connectivity index (χ2n) is 3.66. The van der Waals surface area contributed by atoms with Crippen molar-refractivity contribution in [3.63, 3.8) is 0 Å². The van der Waals surface area contributed by atoms with Gasteiger partial charge in [0.15, 0.2) is 9.84 Å². The molecule has 2 rings (SSSR count). The Bertz CT molecular complexity index is 606. The molecule has 0 saturated heterocycles. The van der Waals surface area contributed by atoms with Gasteiger partial charge >= 0.3 is 0 Å². The first-order valence-electron chi connectivity index (χ1n) is 5.11. The van der Waals surface area contributed by atoms with E-state index >= 15 is 0 Å². The maximum absolute atomic E-state index is 12.1. The van der Waals surface area contributed by atoms with E-state index in [4.69, 9.17) is 11.6 Å². The molecule has 0 heterocycles. The number of halogens is 1. The predicted octanol–water partition coefficient (Wildman–Crippen LogP) is 3.31. The third-order valence-corrected chi connectivity index (χ3v) is 4.46. The first-order chi connectivity index (χ1) is 8.09. The molecule has 2 aromatic rings. The smallest absolute Gasteiger partial charge is 0.182 e. The van der Waals surface area contributed by atoms with Crippen molar-refractivity contribution in [2.75, 3.05) is 0 Å². The molecular formula is C13H11ClO2S. The van der Waals surface area contributed by atoms with E-state index < -0.39 is 9.84 Å². The summed E-state index contributed by atoms with van der Waals surface area (Å²) in [5, 5.41) is 0.479. The van der Waals surface area contributed by atoms with Gasteiger partial charge in [0.05, 0.1) is 10.6 Å². The van der Waals surface area contributed by atoms with Gasteiger partial charge in [0.2, 0.25) is 0 Å². The van der Waals surface area contributed by atoms with Crippen molar-refractivity contribution in [3.05, 3.63) is 65.2 Å². The third-order valence-electron chi connectivity index (χ3n) is 2.41. The summed E-state index contributed by atoms with van der Waals surface area (Å²) in [6.45, 7) is 0. The SMILES string of the molecule is O=S(=O)(Cc1ccccc1Cl)c1ccccc1. The second-order valence-corrected chi connectivity index (χ2v) is 6.06. The van der Waals surface area contributed by atoms with Crippen molar-refractivity contribution in [2.45, 2.75) is 10.6 Å². The lowest BCUT2D eigenvalue weighted by Crippen LogP contribution is -2.05. The van der Waals surface area contributed by atoms with Gasteiger partial charge in [0, 0.05) is 5.02 Å². The summed E-state index contributed by atoms with van der Waals surface area (Å²) >= 11 is 5.95. The Kier molecular flexibility index (Phi) is 3.50. The fraction of sp³-hybridized carbons (Fsp3) is 0.0769. The fourth-order valence-corrected chi connectivity index (χ4v) is 3.21. The summed E-state index contributed by atoms with van der Waals surface area (Å²) in [5.74, 6) is -0.0727. The molecule has 0 spiro atoms. The highest BCUT2D eigenvalue weighted by atomic mass is 35.5. The molecule has 0 saturated carbocycles. The Morgan fingerprint density at radius 3 is 2.12 bits per heavy atom. The van der Waals surface area contributed by atoms with Crippen LogP contribution in [0.25, 0.3) is 0 Å². The molecule has 17 heavy (non-hydrogen) atoms. The van der Waals surface area contributed by atoms with Crippen LogP contribution in [0.15, 0.2) is 59.5 Å². The van der Waals surface area contributed by atoms with E-state index in [1.165, 1.54) is 0 Å². The standard InChI is InChI=1S/C13H11ClO2S/c14-13-9-5-4-6-11(13)10-17(15,16)12-7-2-1-3-8-12/h1-9H,10H2. The first kappa shape index (κ1) is 12.1. The molecule has 2 nitrogen and oxygen atoms in total. The number of hydrogen-bond acceptors (Lipinski definition) is 2. The Balaban J connectivity index is 2.34. The van der Waals surface area contributed by atoms with Crippen LogP contribution < -0.4 is 0 Å². The first-order valence-corrected chi connectivity index (χ1v) is 7.14. The number of sulfone groups is 1. The van der Waals surface area contributed by atoms with Crippen LogP contribution in [-0.2, 0) is 15.6 Å². The monoisotopic (exact) mass is 266 g/mol. The zero-order valence-corrected chi connectivity index (χ0v) is 10.6. The molecular weight excluding hydrogens is 256 g/mol. The van der Waals surface area contributed by atoms with Gasteiger partial charge in [-0.1, -0.05) is 48.0 Å². The lowest BCUT2D eigenvalue weighted by molar-refractivity contribution is 0.595. The van der Waals surface area contributed by atoms with Crippen LogP contribution in [0.5, 0.6) is 0 Å². The molecule has 0 aliphatic rings. The minimum absolute atomic E-state index is 0.0727. The molecule has 0 atom stereocenters. The van der Waals surface area contributed by atoms with Gasteiger partial charge in [-0.05, 0) is 23.8 Å². The van der Waals surface area contributed by atoms with E-state index in [-0.39, 0.29) is 5.75 Å². The van der Waals surface area contributed by atoms with E-state index in [0.29, 0.717) is 15.5 Å². The fourth-order valence-electron chi connectivity index (χ4n) is 1.53. The van der Waals surface area contributed by atoms with Gasteiger partial charge in [0.1, 0.15) is 0 Å².